The van der Waals surface area contributed by atoms with Crippen molar-refractivity contribution in [3.8, 4) is 0 Å². The summed E-state index contributed by atoms with van der Waals surface area (Å²) >= 11 is 0. The number of ether oxygens (including phenoxy) is 2. The monoisotopic (exact) mass is 248 g/mol. The molecule has 1 aliphatic heterocycles. The number of esters is 1. The van der Waals surface area contributed by atoms with Gasteiger partial charge in [0.2, 0.25) is 0 Å². The highest BCUT2D eigenvalue weighted by molar-refractivity contribution is 5.99. The van der Waals surface area contributed by atoms with Gasteiger partial charge in [0.25, 0.3) is 0 Å². The zero-order valence-electron chi connectivity index (χ0n) is 8.95. The van der Waals surface area contributed by atoms with E-state index in [0.29, 0.717) is 0 Å². The first-order chi connectivity index (χ1) is 7.86. The first kappa shape index (κ1) is 13.4. The van der Waals surface area contributed by atoms with Crippen LogP contribution >= 0.6 is 0 Å². The minimum absolute atomic E-state index is 0.545. The standard InChI is InChI=1S/C9H12O8/c1-16-5(10)2-4-6(11)17-3-9(4,7(12)13)8(14)15/h4,6,11H,2-3H2,1H3,(H,12,13)(H,14,15). The Hall–Kier alpha value is -1.67. The number of carbonyl (C=O) groups is 3. The zero-order chi connectivity index (χ0) is 13.2. The number of carboxylic acids is 2. The molecule has 1 aliphatic rings. The average Bonchev–Trinajstić information content (AvgIpc) is 2.57. The number of methoxy groups -OCH3 is 1. The molecular formula is C9H12O8. The van der Waals surface area contributed by atoms with Crippen molar-refractivity contribution in [2.45, 2.75) is 12.7 Å². The fraction of sp³-hybridized carbons (Fsp3) is 0.667. The lowest BCUT2D eigenvalue weighted by molar-refractivity contribution is -0.169. The van der Waals surface area contributed by atoms with Gasteiger partial charge in [0, 0.05) is 5.92 Å². The molecule has 96 valence electrons. The normalized spacial score (nSPS) is 26.5. The Balaban J connectivity index is 3.07. The lowest BCUT2D eigenvalue weighted by Crippen LogP contribution is -2.47. The van der Waals surface area contributed by atoms with E-state index in [1.807, 2.05) is 0 Å². The van der Waals surface area contributed by atoms with Gasteiger partial charge in [0.05, 0.1) is 20.1 Å². The van der Waals surface area contributed by atoms with Gasteiger partial charge in [-0.3, -0.25) is 14.4 Å². The predicted octanol–water partition coefficient (Wildman–Crippen LogP) is -1.33. The summed E-state index contributed by atoms with van der Waals surface area (Å²) in [5.74, 6) is -5.51. The van der Waals surface area contributed by atoms with Crippen LogP contribution in [0.5, 0.6) is 0 Å². The summed E-state index contributed by atoms with van der Waals surface area (Å²) in [7, 11) is 1.08. The van der Waals surface area contributed by atoms with Crippen LogP contribution in [0, 0.1) is 11.3 Å². The van der Waals surface area contributed by atoms with Crippen LogP contribution in [0.15, 0.2) is 0 Å². The van der Waals surface area contributed by atoms with Crippen molar-refractivity contribution in [2.75, 3.05) is 13.7 Å². The van der Waals surface area contributed by atoms with E-state index in [-0.39, 0.29) is 0 Å². The van der Waals surface area contributed by atoms with E-state index in [0.717, 1.165) is 7.11 Å². The summed E-state index contributed by atoms with van der Waals surface area (Å²) in [5.41, 5.74) is -2.33. The van der Waals surface area contributed by atoms with Gasteiger partial charge in [-0.1, -0.05) is 0 Å². The van der Waals surface area contributed by atoms with Crippen molar-refractivity contribution in [2.24, 2.45) is 11.3 Å². The largest absolute Gasteiger partial charge is 0.480 e. The smallest absolute Gasteiger partial charge is 0.323 e. The van der Waals surface area contributed by atoms with Crippen LogP contribution in [0.25, 0.3) is 0 Å². The molecule has 1 saturated heterocycles. The molecule has 8 nitrogen and oxygen atoms in total. The van der Waals surface area contributed by atoms with E-state index in [9.17, 15) is 19.5 Å². The van der Waals surface area contributed by atoms with Gasteiger partial charge in [-0.15, -0.1) is 0 Å². The maximum absolute atomic E-state index is 11.1. The number of carbonyl (C=O) groups excluding carboxylic acids is 1. The minimum atomic E-state index is -2.33. The fourth-order valence-corrected chi connectivity index (χ4v) is 1.75. The van der Waals surface area contributed by atoms with E-state index in [2.05, 4.69) is 9.47 Å². The molecule has 0 spiro atoms. The van der Waals surface area contributed by atoms with Crippen LogP contribution in [0.2, 0.25) is 0 Å². The van der Waals surface area contributed by atoms with E-state index in [1.165, 1.54) is 0 Å². The molecule has 2 atom stereocenters. The second kappa shape index (κ2) is 4.68. The summed E-state index contributed by atoms with van der Waals surface area (Å²) in [6.45, 7) is -0.694. The molecule has 0 aromatic rings. The Morgan fingerprint density at radius 3 is 2.29 bits per heavy atom. The number of carboxylic acid groups (broad SMARTS) is 2. The molecule has 3 N–H and O–H groups in total. The van der Waals surface area contributed by atoms with Crippen molar-refractivity contribution in [3.05, 3.63) is 0 Å². The maximum atomic E-state index is 11.1. The molecule has 1 heterocycles. The van der Waals surface area contributed by atoms with Crippen LogP contribution in [0.3, 0.4) is 0 Å². The molecule has 17 heavy (non-hydrogen) atoms. The highest BCUT2D eigenvalue weighted by Crippen LogP contribution is 2.40. The Bertz CT molecular complexity index is 335. The number of aliphatic hydroxyl groups excluding tert-OH is 1. The third-order valence-corrected chi connectivity index (χ3v) is 2.84. The maximum Gasteiger partial charge on any atom is 0.323 e. The van der Waals surface area contributed by atoms with Gasteiger partial charge >= 0.3 is 17.9 Å². The number of rotatable bonds is 4. The van der Waals surface area contributed by atoms with Crippen LogP contribution < -0.4 is 0 Å². The molecular weight excluding hydrogens is 236 g/mol. The number of aliphatic carboxylic acids is 2. The molecule has 2 unspecified atom stereocenters. The van der Waals surface area contributed by atoms with E-state index < -0.39 is 48.6 Å². The lowest BCUT2D eigenvalue weighted by atomic mass is 9.75. The zero-order valence-corrected chi connectivity index (χ0v) is 8.95. The Labute approximate surface area is 95.7 Å². The number of hydrogen-bond donors (Lipinski definition) is 3. The third-order valence-electron chi connectivity index (χ3n) is 2.84. The highest BCUT2D eigenvalue weighted by Gasteiger charge is 2.61. The van der Waals surface area contributed by atoms with Gasteiger partial charge in [-0.05, 0) is 0 Å². The molecule has 0 bridgehead atoms. The molecule has 8 heteroatoms. The third kappa shape index (κ3) is 2.08. The Morgan fingerprint density at radius 1 is 1.35 bits per heavy atom. The first-order valence-corrected chi connectivity index (χ1v) is 4.69. The molecule has 0 aromatic carbocycles. The van der Waals surface area contributed by atoms with E-state index in [1.54, 1.807) is 0 Å². The Morgan fingerprint density at radius 2 is 1.88 bits per heavy atom. The summed E-state index contributed by atoms with van der Waals surface area (Å²) in [4.78, 5) is 33.2. The van der Waals surface area contributed by atoms with Crippen molar-refractivity contribution >= 4 is 17.9 Å². The average molecular weight is 248 g/mol. The van der Waals surface area contributed by atoms with Crippen molar-refractivity contribution in [1.29, 1.82) is 0 Å². The second-order valence-corrected chi connectivity index (χ2v) is 3.67. The summed E-state index contributed by atoms with van der Waals surface area (Å²) < 4.78 is 8.96. The summed E-state index contributed by atoms with van der Waals surface area (Å²) in [6, 6.07) is 0. The van der Waals surface area contributed by atoms with E-state index >= 15 is 0 Å². The van der Waals surface area contributed by atoms with Crippen LogP contribution in [0.1, 0.15) is 6.42 Å². The van der Waals surface area contributed by atoms with Crippen molar-refractivity contribution < 1.29 is 39.2 Å². The van der Waals surface area contributed by atoms with Gasteiger partial charge in [-0.25, -0.2) is 0 Å². The molecule has 1 rings (SSSR count). The minimum Gasteiger partial charge on any atom is -0.480 e. The van der Waals surface area contributed by atoms with Gasteiger partial charge in [0.1, 0.15) is 0 Å². The van der Waals surface area contributed by atoms with Crippen molar-refractivity contribution in [3.63, 3.8) is 0 Å². The molecule has 0 aliphatic carbocycles. The first-order valence-electron chi connectivity index (χ1n) is 4.69. The van der Waals surface area contributed by atoms with Gasteiger partial charge in [0.15, 0.2) is 11.7 Å². The lowest BCUT2D eigenvalue weighted by Gasteiger charge is -2.24. The van der Waals surface area contributed by atoms with Crippen LogP contribution in [-0.2, 0) is 23.9 Å². The SMILES string of the molecule is COC(=O)CC1C(O)OCC1(C(=O)O)C(=O)O. The van der Waals surface area contributed by atoms with Crippen LogP contribution in [-0.4, -0.2) is 53.2 Å². The topological polar surface area (TPSA) is 130 Å². The summed E-state index contributed by atoms with van der Waals surface area (Å²) in [5, 5.41) is 27.4. The fourth-order valence-electron chi connectivity index (χ4n) is 1.75. The quantitative estimate of drug-likeness (QED) is 0.412. The van der Waals surface area contributed by atoms with Crippen LogP contribution in [0.4, 0.5) is 0 Å². The van der Waals surface area contributed by atoms with Gasteiger partial charge in [-0.2, -0.15) is 0 Å². The Kier molecular flexibility index (Phi) is 3.69. The second-order valence-electron chi connectivity index (χ2n) is 3.67. The highest BCUT2D eigenvalue weighted by atomic mass is 16.6. The van der Waals surface area contributed by atoms with Gasteiger partial charge < -0.3 is 24.8 Å². The molecule has 0 aromatic heterocycles. The van der Waals surface area contributed by atoms with Crippen molar-refractivity contribution in [1.82, 2.24) is 0 Å². The summed E-state index contributed by atoms with van der Waals surface area (Å²) in [6.07, 6.45) is -2.17. The molecule has 0 saturated carbocycles. The molecule has 0 radical (unpaired) electrons. The number of hydrogen-bond acceptors (Lipinski definition) is 6. The molecule has 1 fully saturated rings. The molecule has 0 amide bonds. The van der Waals surface area contributed by atoms with E-state index in [4.69, 9.17) is 10.2 Å². The predicted molar refractivity (Wildman–Crippen MR) is 49.8 cm³/mol. The number of aliphatic hydroxyl groups is 1.